The number of anilines is 1. The minimum atomic E-state index is -0.0166. The van der Waals surface area contributed by atoms with Gasteiger partial charge in [-0.2, -0.15) is 0 Å². The lowest BCUT2D eigenvalue weighted by Crippen LogP contribution is -2.18. The standard InChI is InChI=1S/C14H15BrN4O2/c1-21-10-4-5-11(15)12(7-10)18-8-9-3-2-6-17-13(9)14(16)19-20/h2-7,18,20H,8H2,1H3,(H2,16,19). The van der Waals surface area contributed by atoms with Crippen LogP contribution in [-0.2, 0) is 6.54 Å². The molecule has 0 unspecified atom stereocenters. The van der Waals surface area contributed by atoms with Crippen LogP contribution in [0.4, 0.5) is 5.69 Å². The minimum absolute atomic E-state index is 0.0166. The van der Waals surface area contributed by atoms with E-state index in [1.54, 1.807) is 19.4 Å². The molecule has 0 spiro atoms. The molecule has 0 aliphatic rings. The molecule has 1 aromatic carbocycles. The molecule has 0 atom stereocenters. The highest BCUT2D eigenvalue weighted by molar-refractivity contribution is 9.10. The first-order chi connectivity index (χ1) is 10.2. The maximum atomic E-state index is 8.79. The highest BCUT2D eigenvalue weighted by atomic mass is 79.9. The molecule has 0 amide bonds. The van der Waals surface area contributed by atoms with Crippen LogP contribution in [0.15, 0.2) is 46.2 Å². The summed E-state index contributed by atoms with van der Waals surface area (Å²) in [4.78, 5) is 4.13. The van der Waals surface area contributed by atoms with E-state index in [9.17, 15) is 0 Å². The summed E-state index contributed by atoms with van der Waals surface area (Å²) in [5.41, 5.74) is 7.77. The Morgan fingerprint density at radius 1 is 1.48 bits per heavy atom. The van der Waals surface area contributed by atoms with E-state index in [-0.39, 0.29) is 5.84 Å². The summed E-state index contributed by atoms with van der Waals surface area (Å²) < 4.78 is 6.11. The molecule has 0 aliphatic carbocycles. The van der Waals surface area contributed by atoms with Crippen molar-refractivity contribution in [2.24, 2.45) is 10.9 Å². The van der Waals surface area contributed by atoms with E-state index in [4.69, 9.17) is 15.7 Å². The molecular weight excluding hydrogens is 336 g/mol. The second kappa shape index (κ2) is 6.94. The van der Waals surface area contributed by atoms with Crippen molar-refractivity contribution in [3.05, 3.63) is 52.3 Å². The Labute approximate surface area is 130 Å². The van der Waals surface area contributed by atoms with Gasteiger partial charge in [0.2, 0.25) is 0 Å². The molecule has 2 aromatic rings. The molecule has 0 radical (unpaired) electrons. The largest absolute Gasteiger partial charge is 0.497 e. The molecule has 0 bridgehead atoms. The highest BCUT2D eigenvalue weighted by Crippen LogP contribution is 2.27. The van der Waals surface area contributed by atoms with E-state index in [0.717, 1.165) is 21.5 Å². The Hall–Kier alpha value is -2.28. The van der Waals surface area contributed by atoms with Crippen LogP contribution in [0.5, 0.6) is 5.75 Å². The number of nitrogens with zero attached hydrogens (tertiary/aromatic N) is 2. The van der Waals surface area contributed by atoms with Crippen molar-refractivity contribution in [3.8, 4) is 5.75 Å². The molecule has 0 saturated heterocycles. The number of pyridine rings is 1. The summed E-state index contributed by atoms with van der Waals surface area (Å²) >= 11 is 3.47. The number of hydrogen-bond acceptors (Lipinski definition) is 5. The summed E-state index contributed by atoms with van der Waals surface area (Å²) in [6.07, 6.45) is 1.60. The van der Waals surface area contributed by atoms with Gasteiger partial charge in [0.1, 0.15) is 11.4 Å². The van der Waals surface area contributed by atoms with E-state index in [2.05, 4.69) is 31.4 Å². The first kappa shape index (κ1) is 15.1. The van der Waals surface area contributed by atoms with Crippen LogP contribution in [-0.4, -0.2) is 23.1 Å². The number of ether oxygens (including phenoxy) is 1. The summed E-state index contributed by atoms with van der Waals surface area (Å²) in [5, 5.41) is 15.0. The Balaban J connectivity index is 2.21. The third kappa shape index (κ3) is 3.63. The number of aromatic nitrogens is 1. The monoisotopic (exact) mass is 350 g/mol. The zero-order valence-corrected chi connectivity index (χ0v) is 13.0. The lowest BCUT2D eigenvalue weighted by atomic mass is 10.1. The molecule has 7 heteroatoms. The fraction of sp³-hybridized carbons (Fsp3) is 0.143. The van der Waals surface area contributed by atoms with Crippen molar-refractivity contribution in [1.29, 1.82) is 0 Å². The quantitative estimate of drug-likeness (QED) is 0.333. The maximum Gasteiger partial charge on any atom is 0.189 e. The van der Waals surface area contributed by atoms with Crippen molar-refractivity contribution >= 4 is 27.5 Å². The first-order valence-electron chi connectivity index (χ1n) is 6.15. The normalized spacial score (nSPS) is 11.2. The van der Waals surface area contributed by atoms with E-state index in [1.165, 1.54) is 0 Å². The number of nitrogens with one attached hydrogen (secondary N) is 1. The zero-order valence-electron chi connectivity index (χ0n) is 11.4. The van der Waals surface area contributed by atoms with E-state index in [1.807, 2.05) is 24.3 Å². The topological polar surface area (TPSA) is 92.8 Å². The highest BCUT2D eigenvalue weighted by Gasteiger charge is 2.09. The Morgan fingerprint density at radius 3 is 3.00 bits per heavy atom. The second-order valence-corrected chi connectivity index (χ2v) is 5.05. The van der Waals surface area contributed by atoms with Crippen LogP contribution in [0.2, 0.25) is 0 Å². The van der Waals surface area contributed by atoms with Crippen LogP contribution < -0.4 is 15.8 Å². The van der Waals surface area contributed by atoms with Crippen molar-refractivity contribution in [2.45, 2.75) is 6.54 Å². The summed E-state index contributed by atoms with van der Waals surface area (Å²) in [6, 6.07) is 9.30. The number of hydrogen-bond donors (Lipinski definition) is 3. The number of nitrogens with two attached hydrogens (primary N) is 1. The van der Waals surface area contributed by atoms with Gasteiger partial charge in [-0.05, 0) is 34.1 Å². The predicted molar refractivity (Wildman–Crippen MR) is 84.8 cm³/mol. The average molecular weight is 351 g/mol. The lowest BCUT2D eigenvalue weighted by molar-refractivity contribution is 0.318. The van der Waals surface area contributed by atoms with Crippen LogP contribution in [0, 0.1) is 0 Å². The van der Waals surface area contributed by atoms with Gasteiger partial charge in [-0.3, -0.25) is 4.98 Å². The molecule has 1 heterocycles. The number of rotatable bonds is 5. The molecule has 21 heavy (non-hydrogen) atoms. The summed E-state index contributed by atoms with van der Waals surface area (Å²) in [5.74, 6) is 0.737. The third-order valence-corrected chi connectivity index (χ3v) is 3.58. The molecule has 6 nitrogen and oxygen atoms in total. The third-order valence-electron chi connectivity index (χ3n) is 2.88. The average Bonchev–Trinajstić information content (AvgIpc) is 2.53. The van der Waals surface area contributed by atoms with Crippen molar-refractivity contribution < 1.29 is 9.94 Å². The zero-order chi connectivity index (χ0) is 15.2. The summed E-state index contributed by atoms with van der Waals surface area (Å²) in [6.45, 7) is 0.477. The van der Waals surface area contributed by atoms with Crippen molar-refractivity contribution in [3.63, 3.8) is 0 Å². The van der Waals surface area contributed by atoms with Gasteiger partial charge in [-0.25, -0.2) is 0 Å². The molecule has 4 N–H and O–H groups in total. The second-order valence-electron chi connectivity index (χ2n) is 4.20. The number of halogens is 1. The van der Waals surface area contributed by atoms with Gasteiger partial charge >= 0.3 is 0 Å². The fourth-order valence-electron chi connectivity index (χ4n) is 1.82. The number of amidine groups is 1. The maximum absolute atomic E-state index is 8.79. The Kier molecular flexibility index (Phi) is 4.99. The Bertz CT molecular complexity index is 661. The van der Waals surface area contributed by atoms with Crippen LogP contribution in [0.1, 0.15) is 11.3 Å². The lowest BCUT2D eigenvalue weighted by Gasteiger charge is -2.12. The summed E-state index contributed by atoms with van der Waals surface area (Å²) in [7, 11) is 1.62. The number of oxime groups is 1. The van der Waals surface area contributed by atoms with Gasteiger partial charge in [0.25, 0.3) is 0 Å². The van der Waals surface area contributed by atoms with Crippen LogP contribution in [0.3, 0.4) is 0 Å². The van der Waals surface area contributed by atoms with E-state index < -0.39 is 0 Å². The molecule has 1 aromatic heterocycles. The SMILES string of the molecule is COc1ccc(Br)c(NCc2cccnc2C(N)=NO)c1. The molecule has 2 rings (SSSR count). The molecule has 0 saturated carbocycles. The smallest absolute Gasteiger partial charge is 0.189 e. The van der Waals surface area contributed by atoms with Gasteiger partial charge in [0.15, 0.2) is 5.84 Å². The first-order valence-corrected chi connectivity index (χ1v) is 6.94. The van der Waals surface area contributed by atoms with E-state index in [0.29, 0.717) is 12.2 Å². The number of methoxy groups -OCH3 is 1. The Morgan fingerprint density at radius 2 is 2.29 bits per heavy atom. The number of benzene rings is 1. The minimum Gasteiger partial charge on any atom is -0.497 e. The van der Waals surface area contributed by atoms with Gasteiger partial charge in [-0.1, -0.05) is 11.2 Å². The van der Waals surface area contributed by atoms with Gasteiger partial charge in [0, 0.05) is 28.8 Å². The molecule has 110 valence electrons. The molecule has 0 aliphatic heterocycles. The van der Waals surface area contributed by atoms with Crippen LogP contribution >= 0.6 is 15.9 Å². The van der Waals surface area contributed by atoms with Gasteiger partial charge in [-0.15, -0.1) is 0 Å². The van der Waals surface area contributed by atoms with Gasteiger partial charge < -0.3 is 21.0 Å². The van der Waals surface area contributed by atoms with Gasteiger partial charge in [0.05, 0.1) is 12.8 Å². The molecular formula is C14H15BrN4O2. The van der Waals surface area contributed by atoms with E-state index >= 15 is 0 Å². The van der Waals surface area contributed by atoms with Crippen LogP contribution in [0.25, 0.3) is 0 Å². The predicted octanol–water partition coefficient (Wildman–Crippen LogP) is 2.56. The molecule has 0 fully saturated rings. The fourth-order valence-corrected chi connectivity index (χ4v) is 2.20. The van der Waals surface area contributed by atoms with Crippen molar-refractivity contribution in [2.75, 3.05) is 12.4 Å². The van der Waals surface area contributed by atoms with Crippen molar-refractivity contribution in [1.82, 2.24) is 4.98 Å².